The molecule has 0 aromatic carbocycles. The van der Waals surface area contributed by atoms with Crippen LogP contribution in [0.5, 0.6) is 0 Å². The third-order valence-corrected chi connectivity index (χ3v) is 4.18. The summed E-state index contributed by atoms with van der Waals surface area (Å²) in [7, 11) is 0.330. The lowest BCUT2D eigenvalue weighted by Crippen LogP contribution is -2.54. The second-order valence-electron chi connectivity index (χ2n) is 5.36. The molecule has 0 radical (unpaired) electrons. The van der Waals surface area contributed by atoms with Crippen LogP contribution in [0.2, 0.25) is 0 Å². The predicted molar refractivity (Wildman–Crippen MR) is 88.3 cm³/mol. The predicted octanol–water partition coefficient (Wildman–Crippen LogP) is -0.193. The van der Waals surface area contributed by atoms with Crippen molar-refractivity contribution < 1.29 is 19.3 Å². The van der Waals surface area contributed by atoms with Crippen LogP contribution in [-0.2, 0) is 14.2 Å². The molecule has 23 heavy (non-hydrogen) atoms. The Morgan fingerprint density at radius 3 is 2.87 bits per heavy atom. The van der Waals surface area contributed by atoms with Crippen molar-refractivity contribution >= 4 is 41.0 Å². The molecule has 0 unspecified atom stereocenters. The lowest BCUT2D eigenvalue weighted by Gasteiger charge is -2.31. The van der Waals surface area contributed by atoms with Crippen molar-refractivity contribution in [3.8, 4) is 0 Å². The van der Waals surface area contributed by atoms with Crippen molar-refractivity contribution in [2.75, 3.05) is 12.8 Å². The summed E-state index contributed by atoms with van der Waals surface area (Å²) < 4.78 is 5.38. The molecule has 2 rings (SSSR count). The minimum absolute atomic E-state index is 0.00575. The number of hydrogen-bond donors (Lipinski definition) is 3. The first-order valence-corrected chi connectivity index (χ1v) is 8.10. The fourth-order valence-electron chi connectivity index (χ4n) is 2.45. The highest BCUT2D eigenvalue weighted by atomic mass is 32.1. The van der Waals surface area contributed by atoms with Gasteiger partial charge in [-0.2, -0.15) is 0 Å². The quantitative estimate of drug-likeness (QED) is 0.504. The molecule has 124 valence electrons. The van der Waals surface area contributed by atoms with Crippen LogP contribution >= 0.6 is 11.3 Å². The van der Waals surface area contributed by atoms with Crippen molar-refractivity contribution in [2.24, 2.45) is 4.99 Å². The van der Waals surface area contributed by atoms with Crippen LogP contribution in [0.4, 0.5) is 5.13 Å². The smallest absolute Gasteiger partial charge is 0.426 e. The molecular weight excluding hydrogens is 319 g/mol. The normalized spacial score (nSPS) is 22.0. The van der Waals surface area contributed by atoms with Crippen LogP contribution in [0.25, 0.3) is 0 Å². The van der Waals surface area contributed by atoms with E-state index in [0.717, 1.165) is 0 Å². The lowest BCUT2D eigenvalue weighted by atomic mass is 9.72. The van der Waals surface area contributed by atoms with E-state index in [0.29, 0.717) is 23.7 Å². The Morgan fingerprint density at radius 2 is 2.35 bits per heavy atom. The molecule has 1 aromatic rings. The third-order valence-electron chi connectivity index (χ3n) is 3.51. The van der Waals surface area contributed by atoms with Crippen molar-refractivity contribution in [3.63, 3.8) is 0 Å². The number of thiazole rings is 1. The van der Waals surface area contributed by atoms with Gasteiger partial charge in [0.1, 0.15) is 17.2 Å². The molecular formula is C13H19BN4O4S. The van der Waals surface area contributed by atoms with Gasteiger partial charge in [0.25, 0.3) is 5.91 Å². The van der Waals surface area contributed by atoms with Crippen LogP contribution in [-0.4, -0.2) is 53.6 Å². The summed E-state index contributed by atoms with van der Waals surface area (Å²) >= 11 is 1.22. The van der Waals surface area contributed by atoms with Gasteiger partial charge in [-0.25, -0.2) is 4.98 Å². The van der Waals surface area contributed by atoms with Gasteiger partial charge in [-0.1, -0.05) is 0 Å². The zero-order valence-corrected chi connectivity index (χ0v) is 13.8. The largest absolute Gasteiger partial charge is 0.478 e. The van der Waals surface area contributed by atoms with Crippen LogP contribution < -0.4 is 11.1 Å². The number of carbonyl (C=O) groups excluding carboxylic acids is 2. The van der Waals surface area contributed by atoms with Gasteiger partial charge in [-0.15, -0.1) is 11.3 Å². The van der Waals surface area contributed by atoms with E-state index in [4.69, 9.17) is 10.4 Å². The van der Waals surface area contributed by atoms with Crippen LogP contribution in [0.3, 0.4) is 0 Å². The average molecular weight is 338 g/mol. The number of nitrogens with zero attached hydrogens (tertiary/aromatic N) is 2. The molecule has 4 N–H and O–H groups in total. The Labute approximate surface area is 138 Å². The van der Waals surface area contributed by atoms with E-state index in [1.54, 1.807) is 5.38 Å². The monoisotopic (exact) mass is 338 g/mol. The average Bonchev–Trinajstić information content (AvgIpc) is 2.88. The van der Waals surface area contributed by atoms with Gasteiger partial charge in [0, 0.05) is 25.0 Å². The summed E-state index contributed by atoms with van der Waals surface area (Å²) in [5, 5.41) is 14.7. The zero-order chi connectivity index (χ0) is 17.0. The Morgan fingerprint density at radius 1 is 1.61 bits per heavy atom. The van der Waals surface area contributed by atoms with Gasteiger partial charge in [0.15, 0.2) is 5.13 Å². The molecule has 2 atom stereocenters. The zero-order valence-electron chi connectivity index (χ0n) is 13.0. The number of anilines is 1. The highest BCUT2D eigenvalue weighted by molar-refractivity contribution is 7.13. The maximum Gasteiger partial charge on any atom is 0.478 e. The molecule has 1 amide bonds. The van der Waals surface area contributed by atoms with E-state index in [2.05, 4.69) is 15.3 Å². The Balaban J connectivity index is 1.96. The number of nitrogens with two attached hydrogens (primary N) is 1. The van der Waals surface area contributed by atoms with Crippen LogP contribution in [0.15, 0.2) is 10.4 Å². The number of Topliss-reactive ketones (excluding diaryl/α,β-unsaturated/α-hetero) is 1. The summed E-state index contributed by atoms with van der Waals surface area (Å²) in [4.78, 5) is 31.4. The van der Waals surface area contributed by atoms with Crippen molar-refractivity contribution in [1.82, 2.24) is 10.3 Å². The first-order chi connectivity index (χ1) is 10.9. The standard InChI is InChI=1S/C13H19BN4O4S/c1-7(19)5-8-3-4-10(14(21)22-8)18-12(20)11(16-2)9-6-23-13(15)17-9/h6,8,10,21H,3-5H2,1-2H3,(H2,15,17)(H,18,20)/t8-,10-/m0/s1. The van der Waals surface area contributed by atoms with E-state index >= 15 is 0 Å². The van der Waals surface area contributed by atoms with Gasteiger partial charge in [-0.3, -0.25) is 14.6 Å². The summed E-state index contributed by atoms with van der Waals surface area (Å²) in [6.07, 6.45) is 1.05. The van der Waals surface area contributed by atoms with Crippen molar-refractivity contribution in [1.29, 1.82) is 0 Å². The fraction of sp³-hybridized carbons (Fsp3) is 0.538. The molecule has 2 heterocycles. The Bertz CT molecular complexity index is 621. The van der Waals surface area contributed by atoms with Crippen LogP contribution in [0, 0.1) is 0 Å². The van der Waals surface area contributed by atoms with Crippen molar-refractivity contribution in [2.45, 2.75) is 38.2 Å². The minimum atomic E-state index is -1.16. The Kier molecular flexibility index (Phi) is 5.86. The minimum Gasteiger partial charge on any atom is -0.426 e. The highest BCUT2D eigenvalue weighted by Crippen LogP contribution is 2.19. The number of amides is 1. The first-order valence-electron chi connectivity index (χ1n) is 7.22. The van der Waals surface area contributed by atoms with Gasteiger partial charge in [0.2, 0.25) is 0 Å². The topological polar surface area (TPSA) is 127 Å². The number of hydrogen-bond acceptors (Lipinski definition) is 8. The summed E-state index contributed by atoms with van der Waals surface area (Å²) in [6.45, 7) is 1.48. The van der Waals surface area contributed by atoms with Gasteiger partial charge in [0.05, 0.1) is 5.94 Å². The SMILES string of the molecule is CN=C(C(=O)N[C@H]1CC[C@@H](CC(C)=O)OB1O)c1csc(N)n1. The van der Waals surface area contributed by atoms with E-state index < -0.39 is 19.0 Å². The fourth-order valence-corrected chi connectivity index (χ4v) is 3.00. The summed E-state index contributed by atoms with van der Waals surface area (Å²) in [6, 6.07) is 0. The molecule has 1 aromatic heterocycles. The number of nitrogen functional groups attached to an aromatic ring is 1. The summed E-state index contributed by atoms with van der Waals surface area (Å²) in [5.74, 6) is -1.000. The van der Waals surface area contributed by atoms with E-state index in [9.17, 15) is 14.6 Å². The van der Waals surface area contributed by atoms with E-state index in [1.807, 2.05) is 0 Å². The highest BCUT2D eigenvalue weighted by Gasteiger charge is 2.37. The van der Waals surface area contributed by atoms with Crippen LogP contribution in [0.1, 0.15) is 31.9 Å². The van der Waals surface area contributed by atoms with Gasteiger partial charge < -0.3 is 20.7 Å². The molecule has 1 aliphatic heterocycles. The molecule has 10 heteroatoms. The Hall–Kier alpha value is -1.78. The van der Waals surface area contributed by atoms with E-state index in [1.165, 1.54) is 25.3 Å². The lowest BCUT2D eigenvalue weighted by molar-refractivity contribution is -0.119. The number of aromatic nitrogens is 1. The number of ketones is 1. The van der Waals surface area contributed by atoms with Crippen molar-refractivity contribution in [3.05, 3.63) is 11.1 Å². The van der Waals surface area contributed by atoms with Gasteiger partial charge >= 0.3 is 7.12 Å². The molecule has 1 aliphatic rings. The molecule has 0 aliphatic carbocycles. The molecule has 0 spiro atoms. The molecule has 1 saturated heterocycles. The first kappa shape index (κ1) is 17.6. The number of carbonyl (C=O) groups is 2. The molecule has 0 bridgehead atoms. The van der Waals surface area contributed by atoms with E-state index in [-0.39, 0.29) is 24.0 Å². The third kappa shape index (κ3) is 4.60. The van der Waals surface area contributed by atoms with Gasteiger partial charge in [-0.05, 0) is 19.8 Å². The number of aliphatic imine (C=N–C) groups is 1. The number of rotatable bonds is 5. The maximum atomic E-state index is 12.3. The molecule has 0 saturated carbocycles. The second-order valence-corrected chi connectivity index (χ2v) is 6.24. The molecule has 8 nitrogen and oxygen atoms in total. The summed E-state index contributed by atoms with van der Waals surface area (Å²) in [5.41, 5.74) is 6.11. The maximum absolute atomic E-state index is 12.3. The number of nitrogens with one attached hydrogen (secondary N) is 1. The second kappa shape index (κ2) is 7.67. The molecule has 1 fully saturated rings.